The van der Waals surface area contributed by atoms with Gasteiger partial charge in [0.25, 0.3) is 0 Å². The number of esters is 1. The lowest BCUT2D eigenvalue weighted by Crippen LogP contribution is -2.36. The molecule has 1 aromatic carbocycles. The highest BCUT2D eigenvalue weighted by Crippen LogP contribution is 2.37. The first-order chi connectivity index (χ1) is 14.8. The molecule has 0 spiro atoms. The summed E-state index contributed by atoms with van der Waals surface area (Å²) in [6, 6.07) is 6.16. The first-order valence-corrected chi connectivity index (χ1v) is 9.46. The van der Waals surface area contributed by atoms with Crippen LogP contribution in [0.1, 0.15) is 16.2 Å². The van der Waals surface area contributed by atoms with Crippen LogP contribution in [0.15, 0.2) is 48.8 Å². The van der Waals surface area contributed by atoms with E-state index in [2.05, 4.69) is 16.5 Å². The normalized spacial score (nSPS) is 20.8. The molecule has 2 aromatic heterocycles. The number of carboxylic acids is 1. The second-order valence-corrected chi connectivity index (χ2v) is 7.25. The van der Waals surface area contributed by atoms with Gasteiger partial charge >= 0.3 is 11.9 Å². The molecule has 9 nitrogen and oxygen atoms in total. The molecule has 0 bridgehead atoms. The van der Waals surface area contributed by atoms with Crippen LogP contribution in [0.25, 0.3) is 21.8 Å². The summed E-state index contributed by atoms with van der Waals surface area (Å²) in [5.41, 5.74) is 1.64. The second-order valence-electron chi connectivity index (χ2n) is 7.25. The zero-order chi connectivity index (χ0) is 22.3. The molecule has 4 N–H and O–H groups in total. The number of aromatic nitrogens is 2. The summed E-state index contributed by atoms with van der Waals surface area (Å²) >= 11 is 0. The van der Waals surface area contributed by atoms with E-state index in [0.717, 1.165) is 6.26 Å². The maximum Gasteiger partial charge on any atom is 0.354 e. The van der Waals surface area contributed by atoms with Gasteiger partial charge in [-0.05, 0) is 30.7 Å². The molecule has 160 valence electrons. The minimum atomic E-state index is -1.23. The lowest BCUT2D eigenvalue weighted by Gasteiger charge is -2.33. The zero-order valence-corrected chi connectivity index (χ0v) is 16.5. The second kappa shape index (κ2) is 7.77. The summed E-state index contributed by atoms with van der Waals surface area (Å²) in [6.07, 6.45) is 1.51. The largest absolute Gasteiger partial charge is 0.508 e. The third kappa shape index (κ3) is 3.49. The van der Waals surface area contributed by atoms with Crippen LogP contribution in [-0.2, 0) is 20.7 Å². The summed E-state index contributed by atoms with van der Waals surface area (Å²) in [6.45, 7) is 3.73. The van der Waals surface area contributed by atoms with E-state index in [1.807, 2.05) is 0 Å². The molecule has 0 saturated heterocycles. The highest BCUT2D eigenvalue weighted by Gasteiger charge is 2.38. The van der Waals surface area contributed by atoms with Gasteiger partial charge in [-0.15, -0.1) is 6.58 Å². The third-order valence-electron chi connectivity index (χ3n) is 5.50. The Balaban J connectivity index is 1.91. The van der Waals surface area contributed by atoms with Gasteiger partial charge in [0.1, 0.15) is 11.4 Å². The number of H-pyrrole nitrogens is 1. The van der Waals surface area contributed by atoms with Gasteiger partial charge in [-0.3, -0.25) is 0 Å². The Hall–Kier alpha value is -3.85. The molecule has 3 aromatic rings. The third-order valence-corrected chi connectivity index (χ3v) is 5.50. The van der Waals surface area contributed by atoms with Crippen LogP contribution in [0.3, 0.4) is 0 Å². The molecule has 31 heavy (non-hydrogen) atoms. The Bertz CT molecular complexity index is 1240. The number of carbonyl (C=O) groups excluding carboxylic acids is 1. The van der Waals surface area contributed by atoms with Gasteiger partial charge in [0.15, 0.2) is 0 Å². The number of pyridine rings is 1. The summed E-state index contributed by atoms with van der Waals surface area (Å²) in [5.74, 6) is -3.07. The molecule has 3 atom stereocenters. The molecule has 1 aliphatic heterocycles. The van der Waals surface area contributed by atoms with Crippen molar-refractivity contribution < 1.29 is 34.4 Å². The van der Waals surface area contributed by atoms with Crippen LogP contribution in [-0.4, -0.2) is 50.6 Å². The number of rotatable bonds is 5. The van der Waals surface area contributed by atoms with Crippen molar-refractivity contribution in [3.63, 3.8) is 0 Å². The van der Waals surface area contributed by atoms with Crippen LogP contribution in [0.4, 0.5) is 0 Å². The smallest absolute Gasteiger partial charge is 0.354 e. The predicted molar refractivity (Wildman–Crippen MR) is 110 cm³/mol. The Morgan fingerprint density at radius 3 is 2.77 bits per heavy atom. The zero-order valence-electron chi connectivity index (χ0n) is 16.5. The van der Waals surface area contributed by atoms with Crippen molar-refractivity contribution in [2.24, 2.45) is 11.8 Å². The number of ether oxygens (including phenoxy) is 2. The fourth-order valence-electron chi connectivity index (χ4n) is 3.99. The Labute approximate surface area is 176 Å². The number of aromatic amines is 1. The molecule has 1 aliphatic rings. The highest BCUT2D eigenvalue weighted by molar-refractivity contribution is 6.10. The van der Waals surface area contributed by atoms with Gasteiger partial charge in [-0.25, -0.2) is 14.6 Å². The molecule has 0 fully saturated rings. The van der Waals surface area contributed by atoms with E-state index in [1.54, 1.807) is 6.07 Å². The number of aliphatic hydroxyl groups is 1. The Morgan fingerprint density at radius 2 is 2.10 bits per heavy atom. The molecule has 0 aliphatic carbocycles. The number of phenols is 1. The first-order valence-electron chi connectivity index (χ1n) is 9.46. The minimum absolute atomic E-state index is 0.0406. The summed E-state index contributed by atoms with van der Waals surface area (Å²) < 4.78 is 10.0. The number of aromatic carboxylic acids is 1. The fraction of sp³-hybridized carbons (Fsp3) is 0.227. The number of nitrogens with zero attached hydrogens (tertiary/aromatic N) is 1. The molecule has 0 radical (unpaired) electrons. The number of phenolic OH excluding ortho intramolecular Hbond substituents is 1. The number of fused-ring (bicyclic) bond motifs is 3. The topological polar surface area (TPSA) is 142 Å². The van der Waals surface area contributed by atoms with Gasteiger partial charge in [0.2, 0.25) is 6.29 Å². The van der Waals surface area contributed by atoms with Crippen LogP contribution in [0.2, 0.25) is 0 Å². The number of nitrogens with one attached hydrogen (secondary N) is 1. The molecule has 9 heteroatoms. The quantitative estimate of drug-likeness (QED) is 0.361. The Kier molecular flexibility index (Phi) is 5.12. The highest BCUT2D eigenvalue weighted by atomic mass is 16.6. The number of aromatic hydroxyl groups is 1. The summed E-state index contributed by atoms with van der Waals surface area (Å²) in [7, 11) is 1.24. The molecular formula is C22H20N2O7. The van der Waals surface area contributed by atoms with Crippen LogP contribution in [0.5, 0.6) is 5.75 Å². The van der Waals surface area contributed by atoms with E-state index < -0.39 is 30.1 Å². The first kappa shape index (κ1) is 20.4. The van der Waals surface area contributed by atoms with Crippen molar-refractivity contribution in [2.45, 2.75) is 12.7 Å². The van der Waals surface area contributed by atoms with Crippen molar-refractivity contribution in [1.29, 1.82) is 0 Å². The number of methoxy groups -OCH3 is 1. The van der Waals surface area contributed by atoms with E-state index in [4.69, 9.17) is 9.47 Å². The van der Waals surface area contributed by atoms with Gasteiger partial charge in [0, 0.05) is 28.1 Å². The lowest BCUT2D eigenvalue weighted by molar-refractivity contribution is -0.141. The van der Waals surface area contributed by atoms with Crippen molar-refractivity contribution >= 4 is 33.7 Å². The van der Waals surface area contributed by atoms with Crippen LogP contribution in [0, 0.1) is 11.8 Å². The Morgan fingerprint density at radius 1 is 1.32 bits per heavy atom. The summed E-state index contributed by atoms with van der Waals surface area (Å²) in [5, 5.41) is 30.9. The van der Waals surface area contributed by atoms with E-state index in [-0.39, 0.29) is 23.4 Å². The van der Waals surface area contributed by atoms with Gasteiger partial charge in [-0.1, -0.05) is 6.08 Å². The average Bonchev–Trinajstić information content (AvgIpc) is 3.11. The number of hydrogen-bond acceptors (Lipinski definition) is 7. The number of benzene rings is 1. The molecule has 3 heterocycles. The van der Waals surface area contributed by atoms with E-state index in [9.17, 15) is 24.9 Å². The molecule has 4 rings (SSSR count). The fourth-order valence-corrected chi connectivity index (χ4v) is 3.99. The maximum absolute atomic E-state index is 12.3. The molecule has 3 unspecified atom stereocenters. The van der Waals surface area contributed by atoms with Crippen molar-refractivity contribution in [2.75, 3.05) is 7.11 Å². The average molecular weight is 424 g/mol. The van der Waals surface area contributed by atoms with E-state index in [0.29, 0.717) is 27.5 Å². The minimum Gasteiger partial charge on any atom is -0.508 e. The monoisotopic (exact) mass is 424 g/mol. The number of carbonyl (C=O) groups is 2. The molecule has 0 saturated carbocycles. The van der Waals surface area contributed by atoms with Gasteiger partial charge in [0.05, 0.1) is 30.2 Å². The number of carboxylic acid groups (broad SMARTS) is 1. The molecular weight excluding hydrogens is 404 g/mol. The maximum atomic E-state index is 12.3. The van der Waals surface area contributed by atoms with Crippen molar-refractivity contribution in [3.8, 4) is 5.75 Å². The predicted octanol–water partition coefficient (Wildman–Crippen LogP) is 2.49. The van der Waals surface area contributed by atoms with Crippen molar-refractivity contribution in [3.05, 3.63) is 60.1 Å². The van der Waals surface area contributed by atoms with Gasteiger partial charge in [-0.2, -0.15) is 0 Å². The molecule has 0 amide bonds. The van der Waals surface area contributed by atoms with Crippen LogP contribution < -0.4 is 0 Å². The number of hydrogen-bond donors (Lipinski definition) is 4. The standard InChI is InChI=1S/C22H20N2O7/c1-3-11-12(15(21(28)30-2)9-31-22(11)29)7-17-19-14(8-18(23-17)20(26)27)13-6-10(25)4-5-16(13)24-19/h3-6,8-9,11-12,22,24-25,29H,1,7H2,2H3,(H,26,27). The SMILES string of the molecule is C=CC1C(O)OC=C(C(=O)OC)C1Cc1nc(C(=O)O)cc2c1[nH]c1ccc(O)cc12. The van der Waals surface area contributed by atoms with Gasteiger partial charge < -0.3 is 29.8 Å². The number of aliphatic hydroxyl groups excluding tert-OH is 1. The summed E-state index contributed by atoms with van der Waals surface area (Å²) in [4.78, 5) is 31.5. The van der Waals surface area contributed by atoms with E-state index in [1.165, 1.54) is 31.4 Å². The van der Waals surface area contributed by atoms with Crippen molar-refractivity contribution in [1.82, 2.24) is 9.97 Å². The van der Waals surface area contributed by atoms with E-state index >= 15 is 0 Å². The van der Waals surface area contributed by atoms with Crippen LogP contribution >= 0.6 is 0 Å². The lowest BCUT2D eigenvalue weighted by atomic mass is 9.80.